The number of pyridine rings is 1. The van der Waals surface area contributed by atoms with Gasteiger partial charge in [-0.15, -0.1) is 0 Å². The van der Waals surface area contributed by atoms with Gasteiger partial charge in [-0.25, -0.2) is 9.37 Å². The molecule has 24 heavy (non-hydrogen) atoms. The number of fused-ring (bicyclic) bond motifs is 1. The quantitative estimate of drug-likeness (QED) is 0.746. The van der Waals surface area contributed by atoms with Crippen LogP contribution in [0.5, 0.6) is 0 Å². The molecule has 1 aromatic carbocycles. The molecule has 0 aliphatic carbocycles. The van der Waals surface area contributed by atoms with E-state index in [1.807, 2.05) is 0 Å². The van der Waals surface area contributed by atoms with Gasteiger partial charge in [0.25, 0.3) is 5.56 Å². The van der Waals surface area contributed by atoms with Crippen LogP contribution in [0.15, 0.2) is 59.7 Å². The standard InChI is InChI=1S/C17H15FN4O2/c18-13-6-4-12(5-7-13)9-21-16(23)11-19-14-10-20-15-3-1-2-8-22(15)17(14)24/h1-8,10,19H,9,11H2,(H,21,23). The van der Waals surface area contributed by atoms with Crippen molar-refractivity contribution in [1.82, 2.24) is 14.7 Å². The van der Waals surface area contributed by atoms with E-state index < -0.39 is 0 Å². The Morgan fingerprint density at radius 1 is 1.17 bits per heavy atom. The van der Waals surface area contributed by atoms with Crippen molar-refractivity contribution in [2.75, 3.05) is 11.9 Å². The lowest BCUT2D eigenvalue weighted by atomic mass is 10.2. The number of anilines is 1. The third-order valence-electron chi connectivity index (χ3n) is 3.46. The highest BCUT2D eigenvalue weighted by molar-refractivity contribution is 5.80. The third kappa shape index (κ3) is 3.57. The number of hydrogen-bond acceptors (Lipinski definition) is 4. The smallest absolute Gasteiger partial charge is 0.281 e. The van der Waals surface area contributed by atoms with Crippen LogP contribution in [0.3, 0.4) is 0 Å². The Bertz CT molecular complexity index is 922. The largest absolute Gasteiger partial charge is 0.370 e. The van der Waals surface area contributed by atoms with Crippen LogP contribution in [0.4, 0.5) is 10.1 Å². The molecule has 0 aliphatic heterocycles. The maximum absolute atomic E-state index is 12.8. The molecule has 2 aromatic heterocycles. The molecule has 0 spiro atoms. The minimum Gasteiger partial charge on any atom is -0.370 e. The van der Waals surface area contributed by atoms with Crippen molar-refractivity contribution in [3.63, 3.8) is 0 Å². The molecule has 6 nitrogen and oxygen atoms in total. The Balaban J connectivity index is 1.59. The molecular formula is C17H15FN4O2. The lowest BCUT2D eigenvalue weighted by Gasteiger charge is -2.08. The molecule has 3 aromatic rings. The number of rotatable bonds is 5. The highest BCUT2D eigenvalue weighted by Gasteiger charge is 2.06. The zero-order chi connectivity index (χ0) is 16.9. The number of halogens is 1. The van der Waals surface area contributed by atoms with E-state index >= 15 is 0 Å². The van der Waals surface area contributed by atoms with Gasteiger partial charge in [0, 0.05) is 12.7 Å². The second-order valence-corrected chi connectivity index (χ2v) is 5.16. The lowest BCUT2D eigenvalue weighted by molar-refractivity contribution is -0.119. The fraction of sp³-hybridized carbons (Fsp3) is 0.118. The van der Waals surface area contributed by atoms with Gasteiger partial charge in [-0.3, -0.25) is 14.0 Å². The van der Waals surface area contributed by atoms with Crippen molar-refractivity contribution in [3.8, 4) is 0 Å². The van der Waals surface area contributed by atoms with Crippen molar-refractivity contribution >= 4 is 17.2 Å². The van der Waals surface area contributed by atoms with E-state index in [0.29, 0.717) is 5.65 Å². The monoisotopic (exact) mass is 326 g/mol. The summed E-state index contributed by atoms with van der Waals surface area (Å²) in [4.78, 5) is 28.3. The summed E-state index contributed by atoms with van der Waals surface area (Å²) in [6, 6.07) is 11.1. The van der Waals surface area contributed by atoms with E-state index in [9.17, 15) is 14.0 Å². The maximum Gasteiger partial charge on any atom is 0.281 e. The first-order valence-electron chi connectivity index (χ1n) is 7.35. The first kappa shape index (κ1) is 15.7. The predicted octanol–water partition coefficient (Wildman–Crippen LogP) is 1.56. The number of nitrogens with zero attached hydrogens (tertiary/aromatic N) is 2. The van der Waals surface area contributed by atoms with Crippen molar-refractivity contribution in [3.05, 3.63) is 76.6 Å². The molecule has 2 heterocycles. The summed E-state index contributed by atoms with van der Waals surface area (Å²) in [5.41, 5.74) is 1.30. The van der Waals surface area contributed by atoms with Crippen molar-refractivity contribution in [2.45, 2.75) is 6.54 Å². The van der Waals surface area contributed by atoms with Crippen LogP contribution >= 0.6 is 0 Å². The van der Waals surface area contributed by atoms with E-state index in [4.69, 9.17) is 0 Å². The third-order valence-corrected chi connectivity index (χ3v) is 3.46. The molecular weight excluding hydrogens is 311 g/mol. The number of nitrogens with one attached hydrogen (secondary N) is 2. The molecule has 7 heteroatoms. The summed E-state index contributed by atoms with van der Waals surface area (Å²) in [5, 5.41) is 5.47. The second-order valence-electron chi connectivity index (χ2n) is 5.16. The molecule has 0 bridgehead atoms. The maximum atomic E-state index is 12.8. The molecule has 0 aliphatic rings. The second kappa shape index (κ2) is 6.91. The number of hydrogen-bond donors (Lipinski definition) is 2. The van der Waals surface area contributed by atoms with Gasteiger partial charge in [0.15, 0.2) is 0 Å². The van der Waals surface area contributed by atoms with Crippen LogP contribution in [0.25, 0.3) is 5.65 Å². The van der Waals surface area contributed by atoms with Crippen molar-refractivity contribution in [1.29, 1.82) is 0 Å². The Morgan fingerprint density at radius 3 is 2.75 bits per heavy atom. The zero-order valence-electron chi connectivity index (χ0n) is 12.7. The number of benzene rings is 1. The van der Waals surface area contributed by atoms with Crippen LogP contribution in [0.1, 0.15) is 5.56 Å². The number of carbonyl (C=O) groups is 1. The number of amides is 1. The number of aromatic nitrogens is 2. The van der Waals surface area contributed by atoms with Gasteiger partial charge in [0.2, 0.25) is 5.91 Å². The van der Waals surface area contributed by atoms with E-state index in [1.165, 1.54) is 22.7 Å². The van der Waals surface area contributed by atoms with Gasteiger partial charge in [0.1, 0.15) is 17.2 Å². The summed E-state index contributed by atoms with van der Waals surface area (Å²) < 4.78 is 14.2. The average Bonchev–Trinajstić information content (AvgIpc) is 2.61. The van der Waals surface area contributed by atoms with E-state index in [-0.39, 0.29) is 36.1 Å². The lowest BCUT2D eigenvalue weighted by Crippen LogP contribution is -2.31. The van der Waals surface area contributed by atoms with Gasteiger partial charge in [0.05, 0.1) is 12.7 Å². The molecule has 3 rings (SSSR count). The zero-order valence-corrected chi connectivity index (χ0v) is 12.7. The molecule has 0 saturated heterocycles. The Hall–Kier alpha value is -3.22. The highest BCUT2D eigenvalue weighted by atomic mass is 19.1. The van der Waals surface area contributed by atoms with Gasteiger partial charge in [-0.05, 0) is 29.8 Å². The van der Waals surface area contributed by atoms with Crippen LogP contribution < -0.4 is 16.2 Å². The Labute approximate surface area is 137 Å². The Kier molecular flexibility index (Phi) is 4.51. The molecule has 0 radical (unpaired) electrons. The van der Waals surface area contributed by atoms with Gasteiger partial charge in [-0.2, -0.15) is 0 Å². The minimum absolute atomic E-state index is 0.0585. The average molecular weight is 326 g/mol. The van der Waals surface area contributed by atoms with Gasteiger partial charge < -0.3 is 10.6 Å². The van der Waals surface area contributed by atoms with E-state index in [1.54, 1.807) is 36.5 Å². The van der Waals surface area contributed by atoms with Crippen LogP contribution in [-0.2, 0) is 11.3 Å². The van der Waals surface area contributed by atoms with Gasteiger partial charge >= 0.3 is 0 Å². The summed E-state index contributed by atoms with van der Waals surface area (Å²) in [7, 11) is 0. The molecule has 0 atom stereocenters. The van der Waals surface area contributed by atoms with Crippen molar-refractivity contribution in [2.24, 2.45) is 0 Å². The molecule has 0 saturated carbocycles. The normalized spacial score (nSPS) is 10.5. The summed E-state index contributed by atoms with van der Waals surface area (Å²) in [6.45, 7) is 0.229. The fourth-order valence-electron chi connectivity index (χ4n) is 2.19. The molecule has 0 unspecified atom stereocenters. The first-order valence-corrected chi connectivity index (χ1v) is 7.35. The SMILES string of the molecule is O=C(CNc1cnc2ccccn2c1=O)NCc1ccc(F)cc1. The Morgan fingerprint density at radius 2 is 1.96 bits per heavy atom. The minimum atomic E-state index is -0.323. The molecule has 0 fully saturated rings. The van der Waals surface area contributed by atoms with E-state index in [0.717, 1.165) is 5.56 Å². The molecule has 122 valence electrons. The predicted molar refractivity (Wildman–Crippen MR) is 88.2 cm³/mol. The first-order chi connectivity index (χ1) is 11.6. The highest BCUT2D eigenvalue weighted by Crippen LogP contribution is 2.03. The topological polar surface area (TPSA) is 75.5 Å². The summed E-state index contributed by atoms with van der Waals surface area (Å²) in [6.07, 6.45) is 3.02. The van der Waals surface area contributed by atoms with Crippen LogP contribution in [0.2, 0.25) is 0 Å². The van der Waals surface area contributed by atoms with Crippen LogP contribution in [-0.4, -0.2) is 21.8 Å². The van der Waals surface area contributed by atoms with Crippen LogP contribution in [0, 0.1) is 5.82 Å². The number of carbonyl (C=O) groups excluding carboxylic acids is 1. The van der Waals surface area contributed by atoms with Crippen molar-refractivity contribution < 1.29 is 9.18 Å². The van der Waals surface area contributed by atoms with E-state index in [2.05, 4.69) is 15.6 Å². The molecule has 1 amide bonds. The molecule has 2 N–H and O–H groups in total. The fourth-order valence-corrected chi connectivity index (χ4v) is 2.19. The summed E-state index contributed by atoms with van der Waals surface area (Å²) >= 11 is 0. The van der Waals surface area contributed by atoms with Gasteiger partial charge in [-0.1, -0.05) is 18.2 Å². The summed E-state index contributed by atoms with van der Waals surface area (Å²) in [5.74, 6) is -0.604.